The number of anilines is 1. The Morgan fingerprint density at radius 3 is 2.41 bits per heavy atom. The number of likely N-dealkylation sites (N-methyl/N-ethyl adjacent to an activating group) is 1. The third kappa shape index (κ3) is 4.91. The summed E-state index contributed by atoms with van der Waals surface area (Å²) >= 11 is 0. The van der Waals surface area contributed by atoms with Crippen LogP contribution in [-0.4, -0.2) is 48.7 Å². The summed E-state index contributed by atoms with van der Waals surface area (Å²) in [4.78, 5) is 27.0. The first kappa shape index (κ1) is 23.3. The maximum Gasteiger partial charge on any atom is 0.253 e. The van der Waals surface area contributed by atoms with Crippen molar-refractivity contribution < 1.29 is 9.59 Å². The van der Waals surface area contributed by atoms with Gasteiger partial charge in [0.15, 0.2) is 0 Å². The van der Waals surface area contributed by atoms with Crippen molar-refractivity contribution in [2.75, 3.05) is 25.9 Å². The van der Waals surface area contributed by atoms with Gasteiger partial charge in [0.05, 0.1) is 12.1 Å². The Bertz CT molecular complexity index is 983. The van der Waals surface area contributed by atoms with Gasteiger partial charge in [-0.2, -0.15) is 0 Å². The summed E-state index contributed by atoms with van der Waals surface area (Å²) in [6, 6.07) is 15.0. The lowest BCUT2D eigenvalue weighted by Gasteiger charge is -2.42. The van der Waals surface area contributed by atoms with E-state index in [9.17, 15) is 9.59 Å². The molecular formula is C24H32N6O2. The largest absolute Gasteiger partial charge is 0.398 e. The smallest absolute Gasteiger partial charge is 0.253 e. The molecule has 0 aliphatic heterocycles. The molecule has 2 aromatic rings. The third-order valence-corrected chi connectivity index (χ3v) is 6.64. The van der Waals surface area contributed by atoms with Crippen LogP contribution in [0.5, 0.6) is 0 Å². The Kier molecular flexibility index (Phi) is 7.15. The van der Waals surface area contributed by atoms with Crippen LogP contribution in [0.1, 0.15) is 47.2 Å². The lowest BCUT2D eigenvalue weighted by molar-refractivity contribution is -0.131. The number of carbonyl (C=O) groups is 2. The number of hydrogen-bond acceptors (Lipinski definition) is 5. The monoisotopic (exact) mass is 436 g/mol. The normalized spacial score (nSPS) is 20.4. The molecule has 170 valence electrons. The van der Waals surface area contributed by atoms with Crippen molar-refractivity contribution in [1.29, 1.82) is 5.41 Å². The van der Waals surface area contributed by atoms with E-state index in [-0.39, 0.29) is 41.0 Å². The van der Waals surface area contributed by atoms with Crippen LogP contribution in [-0.2, 0) is 10.2 Å². The number of hydrogen-bond donors (Lipinski definition) is 5. The number of nitrogens with zero attached hydrogens (tertiary/aromatic N) is 1. The Morgan fingerprint density at radius 2 is 1.81 bits per heavy atom. The number of rotatable bonds is 7. The zero-order valence-corrected chi connectivity index (χ0v) is 18.4. The lowest BCUT2D eigenvalue weighted by atomic mass is 9.68. The second-order valence-corrected chi connectivity index (χ2v) is 8.48. The topological polar surface area (TPSA) is 151 Å². The quantitative estimate of drug-likeness (QED) is 0.253. The molecule has 8 heteroatoms. The molecule has 0 spiro atoms. The van der Waals surface area contributed by atoms with E-state index in [1.165, 1.54) is 17.7 Å². The standard InChI is InChI=1S/C24H32N6O2/c1-30(18-9-11-24(15-25,12-10-18)17-5-3-2-4-6-17)21(31)14-29-23(32)19-13-16(22(27)28)7-8-20(19)26/h2-8,13,18H,9-12,14-15,25-26H2,1H3,(H3,27,28)(H,29,32). The average Bonchev–Trinajstić information content (AvgIpc) is 2.82. The van der Waals surface area contributed by atoms with Gasteiger partial charge < -0.3 is 27.4 Å². The van der Waals surface area contributed by atoms with E-state index in [0.717, 1.165) is 25.7 Å². The van der Waals surface area contributed by atoms with Crippen molar-refractivity contribution in [2.24, 2.45) is 11.5 Å². The maximum atomic E-state index is 12.7. The Labute approximate surface area is 188 Å². The fourth-order valence-corrected chi connectivity index (χ4v) is 4.44. The van der Waals surface area contributed by atoms with E-state index in [1.54, 1.807) is 18.0 Å². The Morgan fingerprint density at radius 1 is 1.16 bits per heavy atom. The molecule has 2 aromatic carbocycles. The predicted octanol–water partition coefficient (Wildman–Crippen LogP) is 1.58. The summed E-state index contributed by atoms with van der Waals surface area (Å²) in [6.07, 6.45) is 3.54. The SMILES string of the molecule is CN(C(=O)CNC(=O)c1cc(C(=N)N)ccc1N)C1CCC(CN)(c2ccccc2)CC1. The molecule has 8 nitrogen and oxygen atoms in total. The number of nitrogens with one attached hydrogen (secondary N) is 2. The van der Waals surface area contributed by atoms with Gasteiger partial charge in [0.25, 0.3) is 5.91 Å². The van der Waals surface area contributed by atoms with E-state index in [4.69, 9.17) is 22.6 Å². The van der Waals surface area contributed by atoms with E-state index >= 15 is 0 Å². The van der Waals surface area contributed by atoms with Crippen molar-refractivity contribution in [3.05, 3.63) is 65.2 Å². The number of amides is 2. The van der Waals surface area contributed by atoms with Crippen molar-refractivity contribution in [3.63, 3.8) is 0 Å². The first-order valence-electron chi connectivity index (χ1n) is 10.8. The Hall–Kier alpha value is -3.39. The molecule has 8 N–H and O–H groups in total. The van der Waals surface area contributed by atoms with Gasteiger partial charge in [-0.25, -0.2) is 0 Å². The van der Waals surface area contributed by atoms with Gasteiger partial charge in [-0.15, -0.1) is 0 Å². The van der Waals surface area contributed by atoms with E-state index in [1.807, 2.05) is 18.2 Å². The molecule has 3 rings (SSSR count). The molecule has 2 amide bonds. The van der Waals surface area contributed by atoms with E-state index < -0.39 is 5.91 Å². The van der Waals surface area contributed by atoms with Crippen molar-refractivity contribution in [1.82, 2.24) is 10.2 Å². The lowest BCUT2D eigenvalue weighted by Crippen LogP contribution is -2.48. The second kappa shape index (κ2) is 9.82. The van der Waals surface area contributed by atoms with Gasteiger partial charge >= 0.3 is 0 Å². The summed E-state index contributed by atoms with van der Waals surface area (Å²) in [6.45, 7) is 0.453. The minimum absolute atomic E-state index is 0.0465. The Balaban J connectivity index is 1.57. The minimum Gasteiger partial charge on any atom is -0.398 e. The molecule has 1 aliphatic rings. The zero-order chi connectivity index (χ0) is 23.3. The van der Waals surface area contributed by atoms with Crippen molar-refractivity contribution in [2.45, 2.75) is 37.1 Å². The van der Waals surface area contributed by atoms with Crippen LogP contribution in [0.4, 0.5) is 5.69 Å². The molecule has 32 heavy (non-hydrogen) atoms. The van der Waals surface area contributed by atoms with Crippen LogP contribution in [0.3, 0.4) is 0 Å². The van der Waals surface area contributed by atoms with Gasteiger partial charge in [0, 0.05) is 36.3 Å². The molecule has 0 radical (unpaired) electrons. The molecule has 0 heterocycles. The highest BCUT2D eigenvalue weighted by molar-refractivity contribution is 6.04. The van der Waals surface area contributed by atoms with Gasteiger partial charge in [0.2, 0.25) is 5.91 Å². The highest BCUT2D eigenvalue weighted by Gasteiger charge is 2.37. The molecule has 1 saturated carbocycles. The molecule has 0 atom stereocenters. The third-order valence-electron chi connectivity index (χ3n) is 6.64. The molecule has 0 aromatic heterocycles. The van der Waals surface area contributed by atoms with Crippen molar-refractivity contribution >= 4 is 23.3 Å². The molecule has 1 fully saturated rings. The molecule has 0 unspecified atom stereocenters. The first-order valence-corrected chi connectivity index (χ1v) is 10.8. The molecular weight excluding hydrogens is 404 g/mol. The fraction of sp³-hybridized carbons (Fsp3) is 0.375. The maximum absolute atomic E-state index is 12.7. The zero-order valence-electron chi connectivity index (χ0n) is 18.4. The molecule has 1 aliphatic carbocycles. The van der Waals surface area contributed by atoms with Gasteiger partial charge in [-0.1, -0.05) is 30.3 Å². The second-order valence-electron chi connectivity index (χ2n) is 8.48. The van der Waals surface area contributed by atoms with E-state index in [2.05, 4.69) is 17.4 Å². The summed E-state index contributed by atoms with van der Waals surface area (Å²) in [5.41, 5.74) is 19.6. The highest BCUT2D eigenvalue weighted by atomic mass is 16.2. The van der Waals surface area contributed by atoms with Crippen LogP contribution in [0.2, 0.25) is 0 Å². The van der Waals surface area contributed by atoms with Gasteiger partial charge in [-0.3, -0.25) is 15.0 Å². The number of amidine groups is 1. The average molecular weight is 437 g/mol. The summed E-state index contributed by atoms with van der Waals surface area (Å²) in [7, 11) is 1.78. The summed E-state index contributed by atoms with van der Waals surface area (Å²) in [5.74, 6) is -0.789. The molecule has 0 bridgehead atoms. The van der Waals surface area contributed by atoms with Crippen LogP contribution >= 0.6 is 0 Å². The molecule has 0 saturated heterocycles. The first-order chi connectivity index (χ1) is 15.3. The van der Waals surface area contributed by atoms with Gasteiger partial charge in [-0.05, 0) is 49.4 Å². The number of benzene rings is 2. The van der Waals surface area contributed by atoms with Crippen LogP contribution in [0, 0.1) is 5.41 Å². The van der Waals surface area contributed by atoms with Crippen LogP contribution in [0.15, 0.2) is 48.5 Å². The minimum atomic E-state index is -0.470. The predicted molar refractivity (Wildman–Crippen MR) is 126 cm³/mol. The number of carbonyl (C=O) groups excluding carboxylic acids is 2. The highest BCUT2D eigenvalue weighted by Crippen LogP contribution is 2.39. The number of nitrogens with two attached hydrogens (primary N) is 3. The van der Waals surface area contributed by atoms with Crippen LogP contribution < -0.4 is 22.5 Å². The number of nitrogen functional groups attached to an aromatic ring is 2. The van der Waals surface area contributed by atoms with E-state index in [0.29, 0.717) is 12.1 Å². The summed E-state index contributed by atoms with van der Waals surface area (Å²) < 4.78 is 0. The van der Waals surface area contributed by atoms with Gasteiger partial charge in [0.1, 0.15) is 5.84 Å². The fourth-order valence-electron chi connectivity index (χ4n) is 4.44. The summed E-state index contributed by atoms with van der Waals surface area (Å²) in [5, 5.41) is 10.2. The van der Waals surface area contributed by atoms with Crippen molar-refractivity contribution in [3.8, 4) is 0 Å². The van der Waals surface area contributed by atoms with Crippen LogP contribution in [0.25, 0.3) is 0 Å².